The third kappa shape index (κ3) is 2.03. The van der Waals surface area contributed by atoms with Crippen LogP contribution < -0.4 is 15.2 Å². The van der Waals surface area contributed by atoms with Crippen molar-refractivity contribution in [3.8, 4) is 17.2 Å². The van der Waals surface area contributed by atoms with Gasteiger partial charge in [0, 0.05) is 17.7 Å². The molecule has 0 aromatic heterocycles. The summed E-state index contributed by atoms with van der Waals surface area (Å²) < 4.78 is 10.9. The first-order valence-corrected chi connectivity index (χ1v) is 5.53. The average molecular weight is 244 g/mol. The molecule has 1 aliphatic rings. The summed E-state index contributed by atoms with van der Waals surface area (Å²) >= 11 is 6.03. The molecule has 4 nitrogen and oxygen atoms in total. The minimum absolute atomic E-state index is 0.00145. The van der Waals surface area contributed by atoms with Crippen LogP contribution in [-0.2, 0) is 6.42 Å². The molecule has 0 fully saturated rings. The number of ether oxygens (including phenoxy) is 2. The number of nitrogens with two attached hydrogens (primary N) is 1. The maximum atomic E-state index is 9.66. The minimum atomic E-state index is -0.0612. The Morgan fingerprint density at radius 3 is 2.88 bits per heavy atom. The van der Waals surface area contributed by atoms with Gasteiger partial charge >= 0.3 is 0 Å². The van der Waals surface area contributed by atoms with E-state index in [1.54, 1.807) is 0 Å². The molecule has 0 saturated carbocycles. The van der Waals surface area contributed by atoms with Crippen LogP contribution in [0.5, 0.6) is 17.2 Å². The predicted molar refractivity (Wildman–Crippen MR) is 61.5 cm³/mol. The number of rotatable bonds is 2. The Kier molecular flexibility index (Phi) is 3.12. The van der Waals surface area contributed by atoms with Crippen LogP contribution in [0.25, 0.3) is 0 Å². The average Bonchev–Trinajstić information content (AvgIpc) is 2.24. The number of aromatic hydroxyl groups is 1. The van der Waals surface area contributed by atoms with E-state index in [0.29, 0.717) is 41.7 Å². The molecule has 1 aromatic carbocycles. The second kappa shape index (κ2) is 4.39. The molecule has 0 saturated heterocycles. The fourth-order valence-corrected chi connectivity index (χ4v) is 1.94. The van der Waals surface area contributed by atoms with Crippen molar-refractivity contribution in [2.75, 3.05) is 13.2 Å². The summed E-state index contributed by atoms with van der Waals surface area (Å²) in [6.45, 7) is 2.84. The Hall–Kier alpha value is -1.13. The molecule has 0 amide bonds. The molecule has 0 bridgehead atoms. The van der Waals surface area contributed by atoms with Gasteiger partial charge in [0.15, 0.2) is 11.5 Å². The third-order valence-corrected chi connectivity index (χ3v) is 2.79. The molecule has 5 heteroatoms. The number of phenols is 1. The molecular formula is C11H14ClNO3. The Morgan fingerprint density at radius 2 is 2.19 bits per heavy atom. The van der Waals surface area contributed by atoms with E-state index in [-0.39, 0.29) is 11.8 Å². The van der Waals surface area contributed by atoms with Gasteiger partial charge in [0.05, 0.1) is 5.02 Å². The number of hydrogen-bond acceptors (Lipinski definition) is 4. The number of phenolic OH excluding ortho intramolecular Hbond substituents is 1. The smallest absolute Gasteiger partial charge is 0.166 e. The van der Waals surface area contributed by atoms with Gasteiger partial charge in [-0.3, -0.25) is 0 Å². The van der Waals surface area contributed by atoms with E-state index >= 15 is 0 Å². The Bertz CT molecular complexity index is 407. The number of fused-ring (bicyclic) bond motifs is 1. The van der Waals surface area contributed by atoms with Gasteiger partial charge in [-0.15, -0.1) is 0 Å². The summed E-state index contributed by atoms with van der Waals surface area (Å²) in [7, 11) is 0. The maximum Gasteiger partial charge on any atom is 0.166 e. The van der Waals surface area contributed by atoms with E-state index < -0.39 is 0 Å². The molecule has 0 radical (unpaired) electrons. The van der Waals surface area contributed by atoms with Crippen molar-refractivity contribution in [2.45, 2.75) is 19.4 Å². The molecule has 1 aromatic rings. The topological polar surface area (TPSA) is 64.7 Å². The summed E-state index contributed by atoms with van der Waals surface area (Å²) in [6.07, 6.45) is 0.541. The van der Waals surface area contributed by atoms with Gasteiger partial charge in [0.25, 0.3) is 0 Å². The molecule has 1 aliphatic heterocycles. The highest BCUT2D eigenvalue weighted by Gasteiger charge is 2.22. The maximum absolute atomic E-state index is 9.66. The van der Waals surface area contributed by atoms with E-state index in [0.717, 1.165) is 0 Å². The lowest BCUT2D eigenvalue weighted by molar-refractivity contribution is 0.169. The van der Waals surface area contributed by atoms with Gasteiger partial charge in [0.1, 0.15) is 19.0 Å². The monoisotopic (exact) mass is 243 g/mol. The first-order valence-electron chi connectivity index (χ1n) is 5.15. The first-order chi connectivity index (χ1) is 7.59. The van der Waals surface area contributed by atoms with Crippen molar-refractivity contribution in [1.29, 1.82) is 0 Å². The van der Waals surface area contributed by atoms with Crippen molar-refractivity contribution in [1.82, 2.24) is 0 Å². The Balaban J connectivity index is 2.50. The summed E-state index contributed by atoms with van der Waals surface area (Å²) in [5.41, 5.74) is 6.45. The lowest BCUT2D eigenvalue weighted by Gasteiger charge is -2.23. The quantitative estimate of drug-likeness (QED) is 0.830. The fourth-order valence-electron chi connectivity index (χ4n) is 1.72. The predicted octanol–water partition coefficient (Wildman–Crippen LogP) is 1.71. The molecule has 0 aliphatic carbocycles. The number of hydrogen-bond donors (Lipinski definition) is 2. The molecule has 16 heavy (non-hydrogen) atoms. The van der Waals surface area contributed by atoms with Gasteiger partial charge in [0.2, 0.25) is 0 Å². The third-order valence-electron chi connectivity index (χ3n) is 2.37. The van der Waals surface area contributed by atoms with E-state index in [1.165, 1.54) is 6.07 Å². The molecule has 0 spiro atoms. The van der Waals surface area contributed by atoms with Crippen LogP contribution in [0.15, 0.2) is 6.07 Å². The lowest BCUT2D eigenvalue weighted by Crippen LogP contribution is -2.21. The van der Waals surface area contributed by atoms with E-state index in [4.69, 9.17) is 26.8 Å². The lowest BCUT2D eigenvalue weighted by atomic mass is 10.0. The summed E-state index contributed by atoms with van der Waals surface area (Å²) in [5.74, 6) is 1.14. The number of benzene rings is 1. The van der Waals surface area contributed by atoms with Gasteiger partial charge in [-0.1, -0.05) is 11.6 Å². The number of halogens is 1. The first kappa shape index (κ1) is 11.4. The molecule has 88 valence electrons. The van der Waals surface area contributed by atoms with Crippen LogP contribution in [0.3, 0.4) is 0 Å². The highest BCUT2D eigenvalue weighted by Crippen LogP contribution is 2.43. The van der Waals surface area contributed by atoms with Crippen molar-refractivity contribution >= 4 is 11.6 Å². The molecule has 2 rings (SSSR count). The summed E-state index contributed by atoms with van der Waals surface area (Å²) in [5, 5.41) is 9.95. The molecule has 3 N–H and O–H groups in total. The highest BCUT2D eigenvalue weighted by molar-refractivity contribution is 6.33. The highest BCUT2D eigenvalue weighted by atomic mass is 35.5. The summed E-state index contributed by atoms with van der Waals surface area (Å²) in [6, 6.07) is 1.41. The van der Waals surface area contributed by atoms with Crippen LogP contribution in [0.2, 0.25) is 5.02 Å². The standard InChI is InChI=1S/C11H14ClNO3/c1-6(13)4-7-10(12)8(14)5-9-11(7)16-3-2-15-9/h5-6,14H,2-4,13H2,1H3. The van der Waals surface area contributed by atoms with Crippen LogP contribution >= 0.6 is 11.6 Å². The van der Waals surface area contributed by atoms with Crippen molar-refractivity contribution < 1.29 is 14.6 Å². The van der Waals surface area contributed by atoms with Crippen LogP contribution in [-0.4, -0.2) is 24.4 Å². The molecule has 1 unspecified atom stereocenters. The van der Waals surface area contributed by atoms with Crippen LogP contribution in [0, 0.1) is 0 Å². The Labute approximate surface area is 98.9 Å². The van der Waals surface area contributed by atoms with Crippen LogP contribution in [0.1, 0.15) is 12.5 Å². The second-order valence-corrected chi connectivity index (χ2v) is 4.27. The van der Waals surface area contributed by atoms with Gasteiger partial charge in [-0.25, -0.2) is 0 Å². The summed E-state index contributed by atoms with van der Waals surface area (Å²) in [4.78, 5) is 0. The molecule has 1 atom stereocenters. The van der Waals surface area contributed by atoms with Crippen LogP contribution in [0.4, 0.5) is 0 Å². The minimum Gasteiger partial charge on any atom is -0.506 e. The van der Waals surface area contributed by atoms with Crippen molar-refractivity contribution in [2.24, 2.45) is 5.73 Å². The molecule has 1 heterocycles. The van der Waals surface area contributed by atoms with Crippen molar-refractivity contribution in [3.05, 3.63) is 16.7 Å². The second-order valence-electron chi connectivity index (χ2n) is 3.89. The largest absolute Gasteiger partial charge is 0.506 e. The Morgan fingerprint density at radius 1 is 1.50 bits per heavy atom. The van der Waals surface area contributed by atoms with Gasteiger partial charge in [-0.05, 0) is 13.3 Å². The van der Waals surface area contributed by atoms with Gasteiger partial charge < -0.3 is 20.3 Å². The zero-order chi connectivity index (χ0) is 11.7. The van der Waals surface area contributed by atoms with E-state index in [2.05, 4.69) is 0 Å². The zero-order valence-corrected chi connectivity index (χ0v) is 9.75. The SMILES string of the molecule is CC(N)Cc1c(Cl)c(O)cc2c1OCCO2. The van der Waals surface area contributed by atoms with Crippen molar-refractivity contribution in [3.63, 3.8) is 0 Å². The molecular weight excluding hydrogens is 230 g/mol. The van der Waals surface area contributed by atoms with Gasteiger partial charge in [-0.2, -0.15) is 0 Å². The fraction of sp³-hybridized carbons (Fsp3) is 0.455. The normalized spacial score (nSPS) is 15.9. The van der Waals surface area contributed by atoms with E-state index in [1.807, 2.05) is 6.92 Å². The zero-order valence-electron chi connectivity index (χ0n) is 9.00. The van der Waals surface area contributed by atoms with E-state index in [9.17, 15) is 5.11 Å².